The van der Waals surface area contributed by atoms with Gasteiger partial charge >= 0.3 is 11.9 Å². The zero-order valence-electron chi connectivity index (χ0n) is 24.9. The molecule has 1 aliphatic rings. The second kappa shape index (κ2) is 16.9. The van der Waals surface area contributed by atoms with Crippen LogP contribution in [0.2, 0.25) is 0 Å². The second-order valence-corrected chi connectivity index (χ2v) is 11.7. The molecule has 0 fully saturated rings. The molecule has 0 aromatic heterocycles. The SMILES string of the molecule is COC(=O)[C@H](CCSC)NCC(=O)Nc1cccc2c1C(=O)c1c(NC(=O)CN[C@@H](CCSC)C(=O)OC)cccc1C2=O. The molecule has 0 radical (unpaired) electrons. The molecule has 4 N–H and O–H groups in total. The van der Waals surface area contributed by atoms with Crippen LogP contribution >= 0.6 is 23.5 Å². The van der Waals surface area contributed by atoms with E-state index in [1.807, 2.05) is 12.5 Å². The predicted molar refractivity (Wildman–Crippen MR) is 171 cm³/mol. The Bertz CT molecular complexity index is 1320. The van der Waals surface area contributed by atoms with Crippen molar-refractivity contribution in [2.24, 2.45) is 0 Å². The molecule has 1 aliphatic carbocycles. The monoisotopic (exact) mass is 644 g/mol. The Hall–Kier alpha value is -3.72. The van der Waals surface area contributed by atoms with Crippen molar-refractivity contribution in [3.8, 4) is 0 Å². The van der Waals surface area contributed by atoms with E-state index >= 15 is 0 Å². The highest BCUT2D eigenvalue weighted by Gasteiger charge is 2.34. The van der Waals surface area contributed by atoms with Gasteiger partial charge in [-0.05, 0) is 49.0 Å². The molecule has 44 heavy (non-hydrogen) atoms. The number of anilines is 2. The molecule has 2 amide bonds. The topological polar surface area (TPSA) is 169 Å². The lowest BCUT2D eigenvalue weighted by Crippen LogP contribution is -2.42. The van der Waals surface area contributed by atoms with Crippen LogP contribution in [-0.2, 0) is 28.7 Å². The van der Waals surface area contributed by atoms with Crippen molar-refractivity contribution in [1.29, 1.82) is 0 Å². The summed E-state index contributed by atoms with van der Waals surface area (Å²) in [5.74, 6) is -1.69. The van der Waals surface area contributed by atoms with Crippen molar-refractivity contribution in [2.45, 2.75) is 24.9 Å². The molecular formula is C30H36N4O8S2. The van der Waals surface area contributed by atoms with Crippen LogP contribution < -0.4 is 21.3 Å². The number of ketones is 2. The van der Waals surface area contributed by atoms with Crippen molar-refractivity contribution in [2.75, 3.05) is 62.0 Å². The summed E-state index contributed by atoms with van der Waals surface area (Å²) in [7, 11) is 2.54. The maximum atomic E-state index is 13.9. The number of hydrogen-bond acceptors (Lipinski definition) is 12. The first-order valence-electron chi connectivity index (χ1n) is 13.7. The number of carbonyl (C=O) groups excluding carboxylic acids is 6. The van der Waals surface area contributed by atoms with Gasteiger partial charge < -0.3 is 20.1 Å². The van der Waals surface area contributed by atoms with Crippen molar-refractivity contribution in [3.63, 3.8) is 0 Å². The van der Waals surface area contributed by atoms with E-state index in [4.69, 9.17) is 9.47 Å². The van der Waals surface area contributed by atoms with E-state index in [0.29, 0.717) is 24.3 Å². The van der Waals surface area contributed by atoms with Crippen LogP contribution in [-0.4, -0.2) is 98.7 Å². The summed E-state index contributed by atoms with van der Waals surface area (Å²) in [5.41, 5.74) is 0.450. The van der Waals surface area contributed by atoms with Gasteiger partial charge in [-0.15, -0.1) is 0 Å². The normalized spacial score (nSPS) is 13.3. The van der Waals surface area contributed by atoms with Gasteiger partial charge in [-0.3, -0.25) is 39.4 Å². The Balaban J connectivity index is 1.79. The predicted octanol–water partition coefficient (Wildman–Crippen LogP) is 2.11. The molecule has 0 unspecified atom stereocenters. The van der Waals surface area contributed by atoms with Gasteiger partial charge in [0.15, 0.2) is 11.6 Å². The molecular weight excluding hydrogens is 608 g/mol. The molecule has 0 saturated carbocycles. The highest BCUT2D eigenvalue weighted by molar-refractivity contribution is 7.98. The second-order valence-electron chi connectivity index (χ2n) is 9.69. The zero-order valence-corrected chi connectivity index (χ0v) is 26.6. The highest BCUT2D eigenvalue weighted by Crippen LogP contribution is 2.35. The lowest BCUT2D eigenvalue weighted by atomic mass is 9.82. The Labute approximate surface area is 264 Å². The molecule has 0 heterocycles. The van der Waals surface area contributed by atoms with Gasteiger partial charge in [0.2, 0.25) is 11.8 Å². The Morgan fingerprint density at radius 2 is 1.09 bits per heavy atom. The number of carbonyl (C=O) groups is 6. The van der Waals surface area contributed by atoms with Crippen LogP contribution in [0.25, 0.3) is 0 Å². The number of ether oxygens (including phenoxy) is 2. The molecule has 2 aromatic carbocycles. The van der Waals surface area contributed by atoms with E-state index in [-0.39, 0.29) is 46.7 Å². The fourth-order valence-corrected chi connectivity index (χ4v) is 5.58. The third-order valence-electron chi connectivity index (χ3n) is 6.83. The molecule has 14 heteroatoms. The van der Waals surface area contributed by atoms with Crippen LogP contribution in [0.5, 0.6) is 0 Å². The standard InChI is InChI=1S/C30H36N4O8S2/c1-41-29(39)21(11-13-43-3)31-15-23(35)33-19-9-5-7-17-25(19)28(38)26-18(27(17)37)8-6-10-20(26)34-24(36)16-32-22(12-14-44-4)30(40)42-2/h5-10,21-22,31-32H,11-16H2,1-4H3,(H,33,35)(H,34,36)/t21-,22-/m0/s1. The van der Waals surface area contributed by atoms with Gasteiger partial charge in [-0.25, -0.2) is 0 Å². The molecule has 0 saturated heterocycles. The number of thioether (sulfide) groups is 2. The summed E-state index contributed by atoms with van der Waals surface area (Å²) in [6.45, 7) is -0.483. The van der Waals surface area contributed by atoms with E-state index in [0.717, 1.165) is 0 Å². The van der Waals surface area contributed by atoms with Crippen molar-refractivity contribution >= 4 is 70.2 Å². The van der Waals surface area contributed by atoms with Crippen LogP contribution in [0, 0.1) is 0 Å². The lowest BCUT2D eigenvalue weighted by Gasteiger charge is -2.23. The number of nitrogens with one attached hydrogen (secondary N) is 4. The maximum absolute atomic E-state index is 13.9. The molecule has 0 bridgehead atoms. The van der Waals surface area contributed by atoms with E-state index in [2.05, 4.69) is 21.3 Å². The number of amides is 2. The minimum atomic E-state index is -0.688. The van der Waals surface area contributed by atoms with Crippen molar-refractivity contribution in [1.82, 2.24) is 10.6 Å². The smallest absolute Gasteiger partial charge is 0.322 e. The fourth-order valence-electron chi connectivity index (χ4n) is 4.63. The van der Waals surface area contributed by atoms with E-state index in [1.165, 1.54) is 38.5 Å². The number of rotatable bonds is 16. The molecule has 3 rings (SSSR count). The largest absolute Gasteiger partial charge is 0.468 e. The van der Waals surface area contributed by atoms with E-state index in [1.54, 1.807) is 35.7 Å². The van der Waals surface area contributed by atoms with E-state index < -0.39 is 47.4 Å². The van der Waals surface area contributed by atoms with Gasteiger partial charge in [0, 0.05) is 11.1 Å². The Morgan fingerprint density at radius 3 is 1.45 bits per heavy atom. The number of benzene rings is 2. The molecule has 0 spiro atoms. The summed E-state index contributed by atoms with van der Waals surface area (Å²) in [6, 6.07) is 7.74. The minimum absolute atomic E-state index is 0.00658. The Kier molecular flexibility index (Phi) is 13.4. The first kappa shape index (κ1) is 34.8. The minimum Gasteiger partial charge on any atom is -0.468 e. The zero-order chi connectivity index (χ0) is 32.2. The average Bonchev–Trinajstić information content (AvgIpc) is 3.02. The summed E-state index contributed by atoms with van der Waals surface area (Å²) in [4.78, 5) is 77.2. The molecule has 12 nitrogen and oxygen atoms in total. The number of fused-ring (bicyclic) bond motifs is 2. The first-order chi connectivity index (χ1) is 21.2. The average molecular weight is 645 g/mol. The number of esters is 2. The van der Waals surface area contributed by atoms with Crippen molar-refractivity contribution < 1.29 is 38.2 Å². The number of hydrogen-bond donors (Lipinski definition) is 4. The van der Waals surface area contributed by atoms with Gasteiger partial charge in [0.25, 0.3) is 0 Å². The van der Waals surface area contributed by atoms with Crippen molar-refractivity contribution in [3.05, 3.63) is 58.7 Å². The van der Waals surface area contributed by atoms with Gasteiger partial charge in [-0.2, -0.15) is 23.5 Å². The maximum Gasteiger partial charge on any atom is 0.322 e. The summed E-state index contributed by atoms with van der Waals surface area (Å²) >= 11 is 3.10. The molecule has 2 aromatic rings. The third-order valence-corrected chi connectivity index (χ3v) is 8.12. The molecule has 0 aliphatic heterocycles. The molecule has 236 valence electrons. The summed E-state index contributed by atoms with van der Waals surface area (Å²) in [5, 5.41) is 11.1. The van der Waals surface area contributed by atoms with Crippen LogP contribution in [0.1, 0.15) is 44.7 Å². The van der Waals surface area contributed by atoms with Gasteiger partial charge in [-0.1, -0.05) is 24.3 Å². The highest BCUT2D eigenvalue weighted by atomic mass is 32.2. The third kappa shape index (κ3) is 8.68. The summed E-state index contributed by atoms with van der Waals surface area (Å²) < 4.78 is 9.62. The van der Waals surface area contributed by atoms with Gasteiger partial charge in [0.1, 0.15) is 12.1 Å². The van der Waals surface area contributed by atoms with Gasteiger partial charge in [0.05, 0.1) is 49.8 Å². The quantitative estimate of drug-likeness (QED) is 0.168. The Morgan fingerprint density at radius 1 is 0.682 bits per heavy atom. The van der Waals surface area contributed by atoms with Crippen LogP contribution in [0.3, 0.4) is 0 Å². The molecule has 2 atom stereocenters. The first-order valence-corrected chi connectivity index (χ1v) is 16.5. The fraction of sp³-hybridized carbons (Fsp3) is 0.400. The summed E-state index contributed by atoms with van der Waals surface area (Å²) in [6.07, 6.45) is 4.71. The number of methoxy groups -OCH3 is 2. The van der Waals surface area contributed by atoms with E-state index in [9.17, 15) is 28.8 Å². The van der Waals surface area contributed by atoms with Crippen LogP contribution in [0.15, 0.2) is 36.4 Å². The van der Waals surface area contributed by atoms with Crippen LogP contribution in [0.4, 0.5) is 11.4 Å². The lowest BCUT2D eigenvalue weighted by molar-refractivity contribution is -0.144.